The molecular formula is C47H79N9O8. The van der Waals surface area contributed by atoms with Crippen LogP contribution in [0.25, 0.3) is 0 Å². The van der Waals surface area contributed by atoms with Gasteiger partial charge in [-0.05, 0) is 74.3 Å². The Balaban J connectivity index is 2.79. The summed E-state index contributed by atoms with van der Waals surface area (Å²) in [6.45, 7) is 20.0. The highest BCUT2D eigenvalue weighted by molar-refractivity contribution is 5.99. The molecule has 0 unspecified atom stereocenters. The molecule has 11 atom stereocenters. The van der Waals surface area contributed by atoms with Gasteiger partial charge in [0.15, 0.2) is 0 Å². The molecule has 1 fully saturated rings. The Kier molecular flexibility index (Phi) is 23.5. The lowest BCUT2D eigenvalue weighted by atomic mass is 9.95. The summed E-state index contributed by atoms with van der Waals surface area (Å²) in [6, 6.07) is -0.0558. The summed E-state index contributed by atoms with van der Waals surface area (Å²) in [5.41, 5.74) is 6.51. The lowest BCUT2D eigenvalue weighted by Gasteiger charge is -2.32. The molecule has 0 bridgehead atoms. The minimum atomic E-state index is -1.20. The molecule has 10 N–H and O–H groups in total. The molecule has 8 amide bonds. The van der Waals surface area contributed by atoms with Crippen LogP contribution in [0, 0.1) is 29.6 Å². The second-order valence-corrected chi connectivity index (χ2v) is 18.4. The molecule has 64 heavy (non-hydrogen) atoms. The van der Waals surface area contributed by atoms with Crippen molar-refractivity contribution in [3.8, 4) is 0 Å². The van der Waals surface area contributed by atoms with E-state index in [1.165, 1.54) is 6.92 Å². The number of carbonyl (C=O) groups excluding carboxylic acids is 8. The summed E-state index contributed by atoms with van der Waals surface area (Å²) in [4.78, 5) is 113. The number of nitrogens with one attached hydrogen (secondary N) is 8. The zero-order chi connectivity index (χ0) is 48.3. The van der Waals surface area contributed by atoms with Crippen molar-refractivity contribution in [3.63, 3.8) is 0 Å². The maximum absolute atomic E-state index is 14.4. The molecule has 1 aromatic rings. The van der Waals surface area contributed by atoms with E-state index in [9.17, 15) is 38.4 Å². The van der Waals surface area contributed by atoms with Crippen LogP contribution in [-0.2, 0) is 44.8 Å². The average molecular weight is 898 g/mol. The van der Waals surface area contributed by atoms with E-state index in [4.69, 9.17) is 5.73 Å². The minimum absolute atomic E-state index is 0.0471. The van der Waals surface area contributed by atoms with Gasteiger partial charge in [0.1, 0.15) is 48.3 Å². The normalized spacial score (nSPS) is 26.8. The third kappa shape index (κ3) is 17.1. The molecule has 1 aliphatic rings. The number of nitrogens with two attached hydrogens (primary N) is 1. The first-order valence-electron chi connectivity index (χ1n) is 23.4. The molecule has 1 aliphatic heterocycles. The molecule has 1 aromatic carbocycles. The Bertz CT molecular complexity index is 1710. The van der Waals surface area contributed by atoms with Crippen LogP contribution in [0.2, 0.25) is 0 Å². The second-order valence-electron chi connectivity index (χ2n) is 18.4. The van der Waals surface area contributed by atoms with E-state index in [1.807, 2.05) is 40.7 Å². The van der Waals surface area contributed by atoms with E-state index in [1.54, 1.807) is 58.9 Å². The topological polar surface area (TPSA) is 259 Å². The van der Waals surface area contributed by atoms with Gasteiger partial charge in [-0.1, -0.05) is 119 Å². The van der Waals surface area contributed by atoms with Crippen LogP contribution in [0.5, 0.6) is 0 Å². The van der Waals surface area contributed by atoms with E-state index in [-0.39, 0.29) is 25.2 Å². The van der Waals surface area contributed by atoms with Gasteiger partial charge in [-0.3, -0.25) is 38.4 Å². The Hall–Kier alpha value is -5.06. The summed E-state index contributed by atoms with van der Waals surface area (Å²) in [7, 11) is 0. The van der Waals surface area contributed by atoms with Gasteiger partial charge in [0.2, 0.25) is 47.3 Å². The van der Waals surface area contributed by atoms with E-state index in [0.29, 0.717) is 38.6 Å². The highest BCUT2D eigenvalue weighted by atomic mass is 16.2. The van der Waals surface area contributed by atoms with Gasteiger partial charge in [0.25, 0.3) is 0 Å². The second kappa shape index (κ2) is 27.3. The summed E-state index contributed by atoms with van der Waals surface area (Å²) >= 11 is 0. The molecule has 0 radical (unpaired) electrons. The van der Waals surface area contributed by atoms with Gasteiger partial charge >= 0.3 is 0 Å². The highest BCUT2D eigenvalue weighted by Crippen LogP contribution is 2.16. The predicted molar refractivity (Wildman–Crippen MR) is 247 cm³/mol. The Morgan fingerprint density at radius 1 is 0.484 bits per heavy atom. The third-order valence-corrected chi connectivity index (χ3v) is 12.2. The highest BCUT2D eigenvalue weighted by Gasteiger charge is 2.38. The molecule has 1 heterocycles. The first-order chi connectivity index (χ1) is 30.2. The SMILES string of the molecule is CC[C@@H](C)[C@H]1NC(=O)[C@@H](CCCCN)NC(=O)[C@@H](C(C)C)NC(=O)[C@H]([C@@H](C)CC)NC(=O)[C@@H](C)NC(=O)[C@H]([C@@H](C)CC)NC(=O)[C@@H](CC(C)C)NC(=O)[C@@H](Cc2ccccc2)NC1=O. The first-order valence-corrected chi connectivity index (χ1v) is 23.4. The minimum Gasteiger partial charge on any atom is -0.343 e. The summed E-state index contributed by atoms with van der Waals surface area (Å²) in [5, 5.41) is 22.5. The van der Waals surface area contributed by atoms with E-state index < -0.39 is 119 Å². The fourth-order valence-corrected chi connectivity index (χ4v) is 7.36. The molecule has 360 valence electrons. The maximum Gasteiger partial charge on any atom is 0.243 e. The standard InChI is InChI=1S/C47H79N9O8/c1-12-28(8)37-45(62)49-31(11)40(57)54-39(30(10)14-3)47(64)53-36(27(6)7)44(61)50-33(22-18-19-23-48)41(58)55-38(29(9)13-2)46(63)52-35(25-32-20-16-15-17-21-32)42(59)51-34(24-26(4)5)43(60)56-37/h15-17,20-21,26-31,33-39H,12-14,18-19,22-25,48H2,1-11H3,(H,49,62)(H,50,61)(H,51,59)(H,52,63)(H,53,64)(H,54,57)(H,55,58)(H,56,60)/t28-,29+,30-,31+,33+,34+,35+,36+,37-,38+,39-/m0/s1. The van der Waals surface area contributed by atoms with Gasteiger partial charge in [-0.2, -0.15) is 0 Å². The smallest absolute Gasteiger partial charge is 0.243 e. The van der Waals surface area contributed by atoms with Crippen molar-refractivity contribution < 1.29 is 38.4 Å². The summed E-state index contributed by atoms with van der Waals surface area (Å²) in [6.07, 6.45) is 2.86. The van der Waals surface area contributed by atoms with Crippen LogP contribution in [0.1, 0.15) is 127 Å². The molecule has 2 rings (SSSR count). The zero-order valence-electron chi connectivity index (χ0n) is 40.1. The van der Waals surface area contributed by atoms with E-state index >= 15 is 0 Å². The van der Waals surface area contributed by atoms with Crippen molar-refractivity contribution in [1.29, 1.82) is 0 Å². The molecule has 17 nitrogen and oxygen atoms in total. The monoisotopic (exact) mass is 898 g/mol. The van der Waals surface area contributed by atoms with Crippen molar-refractivity contribution in [2.75, 3.05) is 6.54 Å². The lowest BCUT2D eigenvalue weighted by Crippen LogP contribution is -2.63. The number of rotatable bonds is 15. The van der Waals surface area contributed by atoms with Crippen LogP contribution in [0.15, 0.2) is 30.3 Å². The predicted octanol–water partition coefficient (Wildman–Crippen LogP) is 2.11. The lowest BCUT2D eigenvalue weighted by molar-refractivity contribution is -0.138. The Morgan fingerprint density at radius 3 is 1.38 bits per heavy atom. The van der Waals surface area contributed by atoms with Crippen molar-refractivity contribution in [1.82, 2.24) is 42.5 Å². The van der Waals surface area contributed by atoms with Gasteiger partial charge in [0.05, 0.1) is 0 Å². The Labute approximate surface area is 380 Å². The molecular weight excluding hydrogens is 819 g/mol. The van der Waals surface area contributed by atoms with Gasteiger partial charge < -0.3 is 48.3 Å². The Morgan fingerprint density at radius 2 is 0.891 bits per heavy atom. The molecule has 0 aromatic heterocycles. The third-order valence-electron chi connectivity index (χ3n) is 12.2. The van der Waals surface area contributed by atoms with Crippen molar-refractivity contribution in [3.05, 3.63) is 35.9 Å². The number of amides is 8. The van der Waals surface area contributed by atoms with Gasteiger partial charge in [-0.25, -0.2) is 0 Å². The van der Waals surface area contributed by atoms with Crippen molar-refractivity contribution >= 4 is 47.3 Å². The van der Waals surface area contributed by atoms with Crippen molar-refractivity contribution in [2.24, 2.45) is 35.3 Å². The number of carbonyl (C=O) groups is 8. The van der Waals surface area contributed by atoms with Crippen LogP contribution in [0.3, 0.4) is 0 Å². The van der Waals surface area contributed by atoms with Crippen LogP contribution < -0.4 is 48.3 Å². The van der Waals surface area contributed by atoms with Crippen LogP contribution in [0.4, 0.5) is 0 Å². The molecule has 17 heteroatoms. The van der Waals surface area contributed by atoms with Gasteiger partial charge in [0, 0.05) is 6.42 Å². The zero-order valence-corrected chi connectivity index (χ0v) is 40.1. The summed E-state index contributed by atoms with van der Waals surface area (Å²) < 4.78 is 0. The average Bonchev–Trinajstić information content (AvgIpc) is 3.25. The molecule has 0 saturated carbocycles. The number of benzene rings is 1. The number of unbranched alkanes of at least 4 members (excludes halogenated alkanes) is 1. The van der Waals surface area contributed by atoms with Crippen LogP contribution in [-0.4, -0.2) is 102 Å². The van der Waals surface area contributed by atoms with Gasteiger partial charge in [-0.15, -0.1) is 0 Å². The fraction of sp³-hybridized carbons (Fsp3) is 0.702. The molecule has 0 aliphatic carbocycles. The molecule has 1 saturated heterocycles. The maximum atomic E-state index is 14.4. The van der Waals surface area contributed by atoms with E-state index in [0.717, 1.165) is 5.56 Å². The summed E-state index contributed by atoms with van der Waals surface area (Å²) in [5.74, 6) is -6.88. The quantitative estimate of drug-likeness (QED) is 0.117. The molecule has 0 spiro atoms. The number of hydrogen-bond donors (Lipinski definition) is 9. The first kappa shape index (κ1) is 55.1. The number of hydrogen-bond acceptors (Lipinski definition) is 9. The fourth-order valence-electron chi connectivity index (χ4n) is 7.36. The van der Waals surface area contributed by atoms with Crippen molar-refractivity contribution in [2.45, 2.75) is 176 Å². The van der Waals surface area contributed by atoms with Crippen LogP contribution >= 0.6 is 0 Å². The largest absolute Gasteiger partial charge is 0.343 e. The van der Waals surface area contributed by atoms with E-state index in [2.05, 4.69) is 42.5 Å².